The molecule has 6 heteroatoms. The van der Waals surface area contributed by atoms with Gasteiger partial charge in [0.05, 0.1) is 11.0 Å². The zero-order chi connectivity index (χ0) is 18.0. The van der Waals surface area contributed by atoms with Crippen LogP contribution in [0, 0.1) is 11.8 Å². The fourth-order valence-electron chi connectivity index (χ4n) is 3.35. The summed E-state index contributed by atoms with van der Waals surface area (Å²) in [5, 5.41) is 3.03. The van der Waals surface area contributed by atoms with Gasteiger partial charge >= 0.3 is 5.69 Å². The number of likely N-dealkylation sites (tertiary alicyclic amines) is 1. The Morgan fingerprint density at radius 2 is 2.04 bits per heavy atom. The van der Waals surface area contributed by atoms with Crippen molar-refractivity contribution in [3.63, 3.8) is 0 Å². The summed E-state index contributed by atoms with van der Waals surface area (Å²) in [5.74, 6) is 0.685. The molecule has 1 fully saturated rings. The topological polar surface area (TPSA) is 70.1 Å². The van der Waals surface area contributed by atoms with E-state index in [4.69, 9.17) is 0 Å². The van der Waals surface area contributed by atoms with Crippen LogP contribution in [0.25, 0.3) is 11.0 Å². The first kappa shape index (κ1) is 17.7. The molecule has 2 aromatic rings. The number of aromatic amines is 1. The molecule has 136 valence electrons. The third-order valence-electron chi connectivity index (χ3n) is 5.06. The van der Waals surface area contributed by atoms with E-state index in [1.165, 1.54) is 0 Å². The van der Waals surface area contributed by atoms with Crippen LogP contribution in [0.5, 0.6) is 0 Å². The van der Waals surface area contributed by atoms with Crippen molar-refractivity contribution >= 4 is 22.6 Å². The lowest BCUT2D eigenvalue weighted by Gasteiger charge is -2.28. The van der Waals surface area contributed by atoms with Gasteiger partial charge in [-0.25, -0.2) is 4.79 Å². The van der Waals surface area contributed by atoms with Gasteiger partial charge in [0.15, 0.2) is 0 Å². The molecule has 0 spiro atoms. The van der Waals surface area contributed by atoms with Crippen LogP contribution >= 0.6 is 0 Å². The van der Waals surface area contributed by atoms with Crippen molar-refractivity contribution in [1.29, 1.82) is 0 Å². The van der Waals surface area contributed by atoms with E-state index in [0.717, 1.165) is 49.1 Å². The normalized spacial score (nSPS) is 16.6. The van der Waals surface area contributed by atoms with Crippen molar-refractivity contribution in [3.05, 3.63) is 28.7 Å². The van der Waals surface area contributed by atoms with Crippen LogP contribution in [0.2, 0.25) is 0 Å². The first-order valence-corrected chi connectivity index (χ1v) is 9.16. The van der Waals surface area contributed by atoms with Crippen LogP contribution in [0.4, 0.5) is 5.69 Å². The Bertz CT molecular complexity index is 797. The number of carbonyl (C=O) groups is 1. The van der Waals surface area contributed by atoms with Crippen molar-refractivity contribution in [2.75, 3.05) is 25.5 Å². The number of nitrogens with one attached hydrogen (secondary N) is 2. The highest BCUT2D eigenvalue weighted by atomic mass is 16.2. The molecule has 0 bridgehead atoms. The minimum atomic E-state index is -0.0885. The number of nitrogens with zero attached hydrogens (tertiary/aromatic N) is 2. The van der Waals surface area contributed by atoms with Crippen molar-refractivity contribution in [2.24, 2.45) is 11.8 Å². The van der Waals surface area contributed by atoms with E-state index in [-0.39, 0.29) is 17.5 Å². The van der Waals surface area contributed by atoms with Crippen LogP contribution in [0.3, 0.4) is 0 Å². The molecule has 0 unspecified atom stereocenters. The van der Waals surface area contributed by atoms with E-state index < -0.39 is 0 Å². The molecule has 0 atom stereocenters. The summed E-state index contributed by atoms with van der Waals surface area (Å²) in [7, 11) is 2.09. The average molecular weight is 344 g/mol. The third kappa shape index (κ3) is 4.12. The van der Waals surface area contributed by atoms with E-state index in [1.807, 2.05) is 18.2 Å². The minimum absolute atomic E-state index is 0.0706. The summed E-state index contributed by atoms with van der Waals surface area (Å²) in [5.41, 5.74) is 2.33. The Hall–Kier alpha value is -2.08. The third-order valence-corrected chi connectivity index (χ3v) is 5.06. The average Bonchev–Trinajstić information content (AvgIpc) is 2.88. The number of aromatic nitrogens is 2. The van der Waals surface area contributed by atoms with Gasteiger partial charge in [-0.1, -0.05) is 13.8 Å². The number of imidazole rings is 1. The SMILES string of the molecule is CC(C)CCn1c(=O)[nH]c2ccc(NC(=O)C3CCN(C)CC3)cc21. The molecule has 25 heavy (non-hydrogen) atoms. The minimum Gasteiger partial charge on any atom is -0.326 e. The lowest BCUT2D eigenvalue weighted by molar-refractivity contribution is -0.121. The van der Waals surface area contributed by atoms with E-state index in [2.05, 4.69) is 36.1 Å². The Balaban J connectivity index is 1.77. The molecule has 3 rings (SSSR count). The highest BCUT2D eigenvalue weighted by Crippen LogP contribution is 2.21. The summed E-state index contributed by atoms with van der Waals surface area (Å²) in [6.07, 6.45) is 2.74. The largest absolute Gasteiger partial charge is 0.326 e. The zero-order valence-electron chi connectivity index (χ0n) is 15.3. The monoisotopic (exact) mass is 344 g/mol. The lowest BCUT2D eigenvalue weighted by Crippen LogP contribution is -2.35. The molecule has 1 aromatic carbocycles. The van der Waals surface area contributed by atoms with E-state index in [1.54, 1.807) is 4.57 Å². The summed E-state index contributed by atoms with van der Waals surface area (Å²) in [6, 6.07) is 5.63. The highest BCUT2D eigenvalue weighted by molar-refractivity contribution is 5.94. The number of hydrogen-bond donors (Lipinski definition) is 2. The zero-order valence-corrected chi connectivity index (χ0v) is 15.3. The molecule has 1 aliphatic rings. The first-order chi connectivity index (χ1) is 11.9. The quantitative estimate of drug-likeness (QED) is 0.876. The number of hydrogen-bond acceptors (Lipinski definition) is 3. The second kappa shape index (κ2) is 7.44. The van der Waals surface area contributed by atoms with E-state index in [0.29, 0.717) is 12.5 Å². The Labute approximate surface area is 148 Å². The standard InChI is InChI=1S/C19H28N4O2/c1-13(2)6-11-23-17-12-15(4-5-16(17)21-19(23)25)20-18(24)14-7-9-22(3)10-8-14/h4-5,12-14H,6-11H2,1-3H3,(H,20,24)(H,21,25). The van der Waals surface area contributed by atoms with E-state index >= 15 is 0 Å². The van der Waals surface area contributed by atoms with Gasteiger partial charge in [-0.2, -0.15) is 0 Å². The first-order valence-electron chi connectivity index (χ1n) is 9.16. The van der Waals surface area contributed by atoms with Crippen molar-refractivity contribution in [3.8, 4) is 0 Å². The van der Waals surface area contributed by atoms with Crippen LogP contribution in [0.15, 0.2) is 23.0 Å². The van der Waals surface area contributed by atoms with E-state index in [9.17, 15) is 9.59 Å². The number of H-pyrrole nitrogens is 1. The fourth-order valence-corrected chi connectivity index (χ4v) is 3.35. The summed E-state index contributed by atoms with van der Waals surface area (Å²) < 4.78 is 1.76. The Kier molecular flexibility index (Phi) is 5.27. The number of amides is 1. The van der Waals surface area contributed by atoms with Gasteiger partial charge in [0.1, 0.15) is 0 Å². The molecular formula is C19H28N4O2. The summed E-state index contributed by atoms with van der Waals surface area (Å²) in [4.78, 5) is 29.8. The summed E-state index contributed by atoms with van der Waals surface area (Å²) >= 11 is 0. The van der Waals surface area contributed by atoms with Crippen LogP contribution < -0.4 is 11.0 Å². The van der Waals surface area contributed by atoms with Gasteiger partial charge in [-0.05, 0) is 63.5 Å². The predicted octanol–water partition coefficient (Wildman–Crippen LogP) is 2.66. The number of rotatable bonds is 5. The van der Waals surface area contributed by atoms with Crippen LogP contribution in [-0.2, 0) is 11.3 Å². The van der Waals surface area contributed by atoms with Crippen LogP contribution in [-0.4, -0.2) is 40.5 Å². The molecule has 1 amide bonds. The van der Waals surface area contributed by atoms with Gasteiger partial charge in [-0.15, -0.1) is 0 Å². The van der Waals surface area contributed by atoms with Crippen molar-refractivity contribution in [2.45, 2.75) is 39.7 Å². The maximum Gasteiger partial charge on any atom is 0.326 e. The highest BCUT2D eigenvalue weighted by Gasteiger charge is 2.23. The molecule has 6 nitrogen and oxygen atoms in total. The van der Waals surface area contributed by atoms with Gasteiger partial charge in [-0.3, -0.25) is 9.36 Å². The number of anilines is 1. The maximum atomic E-state index is 12.5. The lowest BCUT2D eigenvalue weighted by atomic mass is 9.96. The van der Waals surface area contributed by atoms with Crippen LogP contribution in [0.1, 0.15) is 33.1 Å². The number of fused-ring (bicyclic) bond motifs is 1. The van der Waals surface area contributed by atoms with Gasteiger partial charge in [0.25, 0.3) is 0 Å². The Morgan fingerprint density at radius 3 is 2.72 bits per heavy atom. The van der Waals surface area contributed by atoms with Gasteiger partial charge < -0.3 is 15.2 Å². The number of carbonyl (C=O) groups excluding carboxylic acids is 1. The predicted molar refractivity (Wildman–Crippen MR) is 101 cm³/mol. The molecule has 1 aliphatic heterocycles. The summed E-state index contributed by atoms with van der Waals surface area (Å²) in [6.45, 7) is 6.90. The molecule has 2 N–H and O–H groups in total. The Morgan fingerprint density at radius 1 is 1.32 bits per heavy atom. The number of piperidine rings is 1. The second-order valence-electron chi connectivity index (χ2n) is 7.56. The molecule has 0 saturated carbocycles. The van der Waals surface area contributed by atoms with Crippen molar-refractivity contribution in [1.82, 2.24) is 14.5 Å². The molecule has 1 aromatic heterocycles. The smallest absolute Gasteiger partial charge is 0.326 e. The van der Waals surface area contributed by atoms with Gasteiger partial charge in [0, 0.05) is 18.2 Å². The maximum absolute atomic E-state index is 12.5. The van der Waals surface area contributed by atoms with Crippen molar-refractivity contribution < 1.29 is 4.79 Å². The number of aryl methyl sites for hydroxylation is 1. The molecule has 2 heterocycles. The molecule has 0 aliphatic carbocycles. The fraction of sp³-hybridized carbons (Fsp3) is 0.579. The number of benzene rings is 1. The molecular weight excluding hydrogens is 316 g/mol. The molecule has 0 radical (unpaired) electrons. The second-order valence-corrected chi connectivity index (χ2v) is 7.56. The van der Waals surface area contributed by atoms with Gasteiger partial charge in [0.2, 0.25) is 5.91 Å². The molecule has 1 saturated heterocycles.